The van der Waals surface area contributed by atoms with Crippen LogP contribution in [0.4, 0.5) is 4.79 Å². The van der Waals surface area contributed by atoms with E-state index in [9.17, 15) is 14.4 Å². The lowest BCUT2D eigenvalue weighted by Crippen LogP contribution is -2.37. The highest BCUT2D eigenvalue weighted by Gasteiger charge is 2.29. The molecule has 2 heterocycles. The molecule has 112 valence electrons. The summed E-state index contributed by atoms with van der Waals surface area (Å²) in [5.74, 6) is 0.710. The Morgan fingerprint density at radius 3 is 2.75 bits per heavy atom. The van der Waals surface area contributed by atoms with Gasteiger partial charge in [0.25, 0.3) is 5.24 Å². The minimum atomic E-state index is -0.209. The molecule has 0 bridgehead atoms. The van der Waals surface area contributed by atoms with Crippen LogP contribution >= 0.6 is 11.8 Å². The lowest BCUT2D eigenvalue weighted by molar-refractivity contribution is -0.125. The summed E-state index contributed by atoms with van der Waals surface area (Å²) in [5, 5.41) is 5.88. The van der Waals surface area contributed by atoms with Gasteiger partial charge in [-0.1, -0.05) is 11.8 Å². The van der Waals surface area contributed by atoms with Gasteiger partial charge in [-0.15, -0.1) is 0 Å². The van der Waals surface area contributed by atoms with Crippen molar-refractivity contribution in [1.82, 2.24) is 15.5 Å². The summed E-state index contributed by atoms with van der Waals surface area (Å²) in [5.41, 5.74) is 0. The van der Waals surface area contributed by atoms with Crippen LogP contribution in [0, 0.1) is 5.92 Å². The van der Waals surface area contributed by atoms with Gasteiger partial charge in [0.15, 0.2) is 0 Å². The molecular formula is C13H21N3O3S. The molecule has 0 aliphatic carbocycles. The molecule has 20 heavy (non-hydrogen) atoms. The Balaban J connectivity index is 1.58. The number of imide groups is 1. The first-order chi connectivity index (χ1) is 9.66. The maximum absolute atomic E-state index is 11.7. The fraction of sp³-hybridized carbons (Fsp3) is 0.769. The van der Waals surface area contributed by atoms with Crippen molar-refractivity contribution in [1.29, 1.82) is 0 Å². The molecule has 0 aromatic heterocycles. The van der Waals surface area contributed by atoms with E-state index < -0.39 is 0 Å². The van der Waals surface area contributed by atoms with E-state index in [4.69, 9.17) is 0 Å². The number of hydrogen-bond acceptors (Lipinski definition) is 5. The Morgan fingerprint density at radius 2 is 2.10 bits per heavy atom. The highest BCUT2D eigenvalue weighted by Crippen LogP contribution is 2.18. The first-order valence-electron chi connectivity index (χ1n) is 7.11. The van der Waals surface area contributed by atoms with Gasteiger partial charge in [-0.3, -0.25) is 19.3 Å². The maximum Gasteiger partial charge on any atom is 0.288 e. The smallest absolute Gasteiger partial charge is 0.288 e. The van der Waals surface area contributed by atoms with Crippen molar-refractivity contribution >= 4 is 28.8 Å². The monoisotopic (exact) mass is 299 g/mol. The lowest BCUT2D eigenvalue weighted by Gasteiger charge is -2.22. The zero-order valence-electron chi connectivity index (χ0n) is 11.5. The van der Waals surface area contributed by atoms with Crippen LogP contribution in [-0.4, -0.2) is 53.9 Å². The summed E-state index contributed by atoms with van der Waals surface area (Å²) >= 11 is 1.02. The van der Waals surface area contributed by atoms with E-state index in [1.54, 1.807) is 0 Å². The quantitative estimate of drug-likeness (QED) is 0.750. The number of piperidine rings is 1. The van der Waals surface area contributed by atoms with E-state index in [1.807, 2.05) is 0 Å². The SMILES string of the molecule is O=C(CCC1CCNCC1)NCCN1C(=O)CSC1=O. The maximum atomic E-state index is 11.7. The number of nitrogens with one attached hydrogen (secondary N) is 2. The van der Waals surface area contributed by atoms with Crippen LogP contribution in [0.1, 0.15) is 25.7 Å². The van der Waals surface area contributed by atoms with Gasteiger partial charge >= 0.3 is 0 Å². The molecule has 2 N–H and O–H groups in total. The minimum absolute atomic E-state index is 0.00952. The average molecular weight is 299 g/mol. The number of amides is 3. The normalized spacial score (nSPS) is 20.5. The standard InChI is InChI=1S/C13H21N3O3S/c17-11(2-1-10-3-5-14-6-4-10)15-7-8-16-12(18)9-20-13(16)19/h10,14H,1-9H2,(H,15,17). The Kier molecular flexibility index (Phi) is 5.85. The van der Waals surface area contributed by atoms with Crippen molar-refractivity contribution in [2.75, 3.05) is 31.9 Å². The molecule has 2 saturated heterocycles. The summed E-state index contributed by atoms with van der Waals surface area (Å²) in [6, 6.07) is 0. The Bertz CT molecular complexity index is 367. The minimum Gasteiger partial charge on any atom is -0.354 e. The molecule has 0 saturated carbocycles. The summed E-state index contributed by atoms with van der Waals surface area (Å²) in [6.07, 6.45) is 3.73. The van der Waals surface area contributed by atoms with Gasteiger partial charge in [0, 0.05) is 19.5 Å². The van der Waals surface area contributed by atoms with Crippen molar-refractivity contribution in [2.45, 2.75) is 25.7 Å². The van der Waals surface area contributed by atoms with Gasteiger partial charge in [0.2, 0.25) is 11.8 Å². The molecule has 0 aromatic carbocycles. The highest BCUT2D eigenvalue weighted by molar-refractivity contribution is 8.14. The largest absolute Gasteiger partial charge is 0.354 e. The summed E-state index contributed by atoms with van der Waals surface area (Å²) in [4.78, 5) is 35.6. The average Bonchev–Trinajstić information content (AvgIpc) is 2.78. The molecule has 2 aliphatic heterocycles. The topological polar surface area (TPSA) is 78.5 Å². The van der Waals surface area contributed by atoms with Gasteiger partial charge in [0.1, 0.15) is 0 Å². The van der Waals surface area contributed by atoms with Crippen LogP contribution in [0.25, 0.3) is 0 Å². The predicted molar refractivity (Wildman–Crippen MR) is 77.4 cm³/mol. The van der Waals surface area contributed by atoms with E-state index in [0.29, 0.717) is 18.9 Å². The molecule has 0 radical (unpaired) electrons. The number of thioether (sulfide) groups is 1. The molecule has 6 nitrogen and oxygen atoms in total. The number of hydrogen-bond donors (Lipinski definition) is 2. The van der Waals surface area contributed by atoms with Crippen molar-refractivity contribution in [3.63, 3.8) is 0 Å². The van der Waals surface area contributed by atoms with Crippen LogP contribution in [-0.2, 0) is 9.59 Å². The van der Waals surface area contributed by atoms with Crippen LogP contribution in [0.15, 0.2) is 0 Å². The van der Waals surface area contributed by atoms with Crippen molar-refractivity contribution < 1.29 is 14.4 Å². The van der Waals surface area contributed by atoms with Gasteiger partial charge in [0.05, 0.1) is 5.75 Å². The number of rotatable bonds is 6. The first kappa shape index (κ1) is 15.3. The second-order valence-electron chi connectivity index (χ2n) is 5.18. The van der Waals surface area contributed by atoms with Gasteiger partial charge < -0.3 is 10.6 Å². The third kappa shape index (κ3) is 4.49. The Morgan fingerprint density at radius 1 is 1.35 bits per heavy atom. The first-order valence-corrected chi connectivity index (χ1v) is 8.10. The highest BCUT2D eigenvalue weighted by atomic mass is 32.2. The van der Waals surface area contributed by atoms with Gasteiger partial charge in [-0.05, 0) is 38.3 Å². The molecule has 0 unspecified atom stereocenters. The predicted octanol–water partition coefficient (Wildman–Crippen LogP) is 0.578. The van der Waals surface area contributed by atoms with Crippen LogP contribution in [0.5, 0.6) is 0 Å². The molecule has 3 amide bonds. The van der Waals surface area contributed by atoms with Crippen molar-refractivity contribution in [3.8, 4) is 0 Å². The van der Waals surface area contributed by atoms with Crippen LogP contribution < -0.4 is 10.6 Å². The molecule has 2 rings (SSSR count). The molecule has 0 aromatic rings. The van der Waals surface area contributed by atoms with Crippen molar-refractivity contribution in [2.24, 2.45) is 5.92 Å². The van der Waals surface area contributed by atoms with E-state index in [-0.39, 0.29) is 29.4 Å². The molecule has 0 atom stereocenters. The van der Waals surface area contributed by atoms with Crippen LogP contribution in [0.2, 0.25) is 0 Å². The summed E-state index contributed by atoms with van der Waals surface area (Å²) in [7, 11) is 0. The molecule has 2 aliphatic rings. The Hall–Kier alpha value is -1.08. The van der Waals surface area contributed by atoms with Crippen LogP contribution in [0.3, 0.4) is 0 Å². The fourth-order valence-electron chi connectivity index (χ4n) is 2.50. The molecule has 0 spiro atoms. The van der Waals surface area contributed by atoms with E-state index >= 15 is 0 Å². The number of carbonyl (C=O) groups excluding carboxylic acids is 3. The van der Waals surface area contributed by atoms with E-state index in [2.05, 4.69) is 10.6 Å². The van der Waals surface area contributed by atoms with Crippen molar-refractivity contribution in [3.05, 3.63) is 0 Å². The van der Waals surface area contributed by atoms with Gasteiger partial charge in [-0.25, -0.2) is 0 Å². The second-order valence-corrected chi connectivity index (χ2v) is 6.11. The zero-order chi connectivity index (χ0) is 14.4. The third-order valence-corrected chi connectivity index (χ3v) is 4.60. The fourth-order valence-corrected chi connectivity index (χ4v) is 3.25. The molecular weight excluding hydrogens is 278 g/mol. The number of nitrogens with zero attached hydrogens (tertiary/aromatic N) is 1. The molecule has 2 fully saturated rings. The van der Waals surface area contributed by atoms with E-state index in [1.165, 1.54) is 4.90 Å². The summed E-state index contributed by atoms with van der Waals surface area (Å²) in [6.45, 7) is 2.72. The summed E-state index contributed by atoms with van der Waals surface area (Å²) < 4.78 is 0. The third-order valence-electron chi connectivity index (χ3n) is 3.74. The lowest BCUT2D eigenvalue weighted by atomic mass is 9.93. The zero-order valence-corrected chi connectivity index (χ0v) is 12.3. The van der Waals surface area contributed by atoms with E-state index in [0.717, 1.165) is 44.1 Å². The Labute approximate surface area is 123 Å². The molecule has 7 heteroatoms. The number of carbonyl (C=O) groups is 3. The van der Waals surface area contributed by atoms with Gasteiger partial charge in [-0.2, -0.15) is 0 Å². The second kappa shape index (κ2) is 7.64.